The first-order valence-corrected chi connectivity index (χ1v) is 9.18. The number of anilines is 2. The number of hydrogen-bond acceptors (Lipinski definition) is 3. The van der Waals surface area contributed by atoms with E-state index in [9.17, 15) is 0 Å². The third-order valence-electron chi connectivity index (χ3n) is 4.49. The smallest absolute Gasteiger partial charge is 0.148 e. The lowest BCUT2D eigenvalue weighted by Crippen LogP contribution is -2.21. The molecule has 0 aliphatic carbocycles. The molecule has 0 unspecified atom stereocenters. The molecule has 3 heteroatoms. The zero-order chi connectivity index (χ0) is 16.6. The fraction of sp³-hybridized carbons (Fsp3) is 0.0455. The van der Waals surface area contributed by atoms with Gasteiger partial charge >= 0.3 is 0 Å². The summed E-state index contributed by atoms with van der Waals surface area (Å²) in [6, 6.07) is 29.8. The van der Waals surface area contributed by atoms with Gasteiger partial charge in [0.1, 0.15) is 5.82 Å². The third kappa shape index (κ3) is 2.57. The summed E-state index contributed by atoms with van der Waals surface area (Å²) in [4.78, 5) is 9.83. The van der Waals surface area contributed by atoms with E-state index in [0.717, 1.165) is 17.9 Å². The van der Waals surface area contributed by atoms with E-state index in [0.29, 0.717) is 0 Å². The van der Waals surface area contributed by atoms with Gasteiger partial charge in [0, 0.05) is 16.8 Å². The molecule has 0 amide bonds. The number of nitrogens with zero attached hydrogens (tertiary/aromatic N) is 2. The molecule has 1 aromatic heterocycles. The van der Waals surface area contributed by atoms with Crippen LogP contribution in [0.5, 0.6) is 0 Å². The molecule has 1 aliphatic heterocycles. The van der Waals surface area contributed by atoms with Gasteiger partial charge in [-0.25, -0.2) is 4.98 Å². The van der Waals surface area contributed by atoms with E-state index in [1.807, 2.05) is 17.8 Å². The van der Waals surface area contributed by atoms with E-state index < -0.39 is 0 Å². The predicted octanol–water partition coefficient (Wildman–Crippen LogP) is 6.04. The Morgan fingerprint density at radius 3 is 2.44 bits per heavy atom. The minimum absolute atomic E-state index is 0.816. The van der Waals surface area contributed by atoms with Gasteiger partial charge in [0.25, 0.3) is 0 Å². The highest BCUT2D eigenvalue weighted by atomic mass is 32.2. The van der Waals surface area contributed by atoms with Crippen molar-refractivity contribution in [3.63, 3.8) is 0 Å². The van der Waals surface area contributed by atoms with Gasteiger partial charge < -0.3 is 4.90 Å². The minimum Gasteiger partial charge on any atom is -0.320 e. The van der Waals surface area contributed by atoms with Gasteiger partial charge in [-0.3, -0.25) is 0 Å². The second kappa shape index (κ2) is 5.94. The lowest BCUT2D eigenvalue weighted by atomic mass is 10.1. The molecule has 0 fully saturated rings. The van der Waals surface area contributed by atoms with Crippen molar-refractivity contribution in [2.24, 2.45) is 0 Å². The maximum Gasteiger partial charge on any atom is 0.148 e. The average Bonchev–Trinajstić information content (AvgIpc) is 2.67. The molecule has 0 radical (unpaired) electrons. The van der Waals surface area contributed by atoms with Gasteiger partial charge in [-0.1, -0.05) is 72.4 Å². The van der Waals surface area contributed by atoms with Crippen LogP contribution in [0.2, 0.25) is 0 Å². The molecule has 0 saturated heterocycles. The van der Waals surface area contributed by atoms with Crippen LogP contribution in [0.25, 0.3) is 10.9 Å². The monoisotopic (exact) mass is 340 g/mol. The number of para-hydroxylation sites is 2. The highest BCUT2D eigenvalue weighted by molar-refractivity contribution is 7.99. The topological polar surface area (TPSA) is 16.1 Å². The van der Waals surface area contributed by atoms with E-state index in [4.69, 9.17) is 4.98 Å². The minimum atomic E-state index is 0.816. The van der Waals surface area contributed by atoms with Crippen LogP contribution in [-0.2, 0) is 6.54 Å². The number of aromatic nitrogens is 1. The Balaban J connectivity index is 1.70. The SMILES string of the molecule is c1ccc(CN2c3ccccc3Sc3cc4ccccc4nc32)cc1. The number of hydrogen-bond donors (Lipinski definition) is 0. The molecule has 120 valence electrons. The van der Waals surface area contributed by atoms with E-state index >= 15 is 0 Å². The largest absolute Gasteiger partial charge is 0.320 e. The third-order valence-corrected chi connectivity index (χ3v) is 5.57. The quantitative estimate of drug-likeness (QED) is 0.443. The highest BCUT2D eigenvalue weighted by Crippen LogP contribution is 2.48. The molecular weight excluding hydrogens is 324 g/mol. The van der Waals surface area contributed by atoms with Gasteiger partial charge in [-0.05, 0) is 29.8 Å². The van der Waals surface area contributed by atoms with Crippen molar-refractivity contribution < 1.29 is 0 Å². The summed E-state index contributed by atoms with van der Waals surface area (Å²) in [5.74, 6) is 1.05. The molecule has 0 spiro atoms. The summed E-state index contributed by atoms with van der Waals surface area (Å²) >= 11 is 1.81. The number of benzene rings is 3. The van der Waals surface area contributed by atoms with Crippen LogP contribution in [0, 0.1) is 0 Å². The number of fused-ring (bicyclic) bond motifs is 3. The molecule has 1 aliphatic rings. The van der Waals surface area contributed by atoms with Crippen molar-refractivity contribution in [1.29, 1.82) is 0 Å². The molecular formula is C22H16N2S. The summed E-state index contributed by atoms with van der Waals surface area (Å²) in [6.45, 7) is 0.816. The van der Waals surface area contributed by atoms with Crippen molar-refractivity contribution in [3.05, 3.63) is 90.5 Å². The number of rotatable bonds is 2. The Bertz CT molecular complexity index is 1060. The van der Waals surface area contributed by atoms with Crippen LogP contribution in [-0.4, -0.2) is 4.98 Å². The molecule has 4 aromatic rings. The Hall–Kier alpha value is -2.78. The van der Waals surface area contributed by atoms with Crippen molar-refractivity contribution >= 4 is 34.2 Å². The predicted molar refractivity (Wildman–Crippen MR) is 105 cm³/mol. The summed E-state index contributed by atoms with van der Waals surface area (Å²) < 4.78 is 0. The molecule has 3 aromatic carbocycles. The molecule has 2 heterocycles. The van der Waals surface area contributed by atoms with E-state index in [1.54, 1.807) is 0 Å². The summed E-state index contributed by atoms with van der Waals surface area (Å²) in [7, 11) is 0. The van der Waals surface area contributed by atoms with E-state index in [-0.39, 0.29) is 0 Å². The Morgan fingerprint density at radius 2 is 1.52 bits per heavy atom. The zero-order valence-corrected chi connectivity index (χ0v) is 14.4. The molecule has 0 atom stereocenters. The fourth-order valence-corrected chi connectivity index (χ4v) is 4.38. The van der Waals surface area contributed by atoms with Crippen molar-refractivity contribution in [3.8, 4) is 0 Å². The Morgan fingerprint density at radius 1 is 0.760 bits per heavy atom. The molecule has 0 bridgehead atoms. The second-order valence-corrected chi connectivity index (χ2v) is 7.23. The van der Waals surface area contributed by atoms with Gasteiger partial charge in [-0.2, -0.15) is 0 Å². The van der Waals surface area contributed by atoms with Crippen molar-refractivity contribution in [2.45, 2.75) is 16.3 Å². The maximum absolute atomic E-state index is 5.00. The van der Waals surface area contributed by atoms with E-state index in [1.165, 1.54) is 26.4 Å². The van der Waals surface area contributed by atoms with Crippen LogP contribution in [0.15, 0.2) is 94.7 Å². The maximum atomic E-state index is 5.00. The molecule has 0 N–H and O–H groups in total. The zero-order valence-electron chi connectivity index (χ0n) is 13.6. The van der Waals surface area contributed by atoms with Crippen molar-refractivity contribution in [2.75, 3.05) is 4.90 Å². The molecule has 25 heavy (non-hydrogen) atoms. The normalized spacial score (nSPS) is 12.7. The van der Waals surface area contributed by atoms with Crippen LogP contribution < -0.4 is 4.90 Å². The van der Waals surface area contributed by atoms with E-state index in [2.05, 4.69) is 83.8 Å². The summed E-state index contributed by atoms with van der Waals surface area (Å²) in [5, 5.41) is 1.19. The molecule has 0 saturated carbocycles. The summed E-state index contributed by atoms with van der Waals surface area (Å²) in [5.41, 5.74) is 3.55. The fourth-order valence-electron chi connectivity index (χ4n) is 3.28. The second-order valence-electron chi connectivity index (χ2n) is 6.14. The van der Waals surface area contributed by atoms with Crippen LogP contribution >= 0.6 is 11.8 Å². The van der Waals surface area contributed by atoms with Crippen LogP contribution in [0.1, 0.15) is 5.56 Å². The lowest BCUT2D eigenvalue weighted by Gasteiger charge is -2.32. The van der Waals surface area contributed by atoms with Gasteiger partial charge in [0.2, 0.25) is 0 Å². The Kier molecular flexibility index (Phi) is 3.46. The van der Waals surface area contributed by atoms with Gasteiger partial charge in [0.15, 0.2) is 0 Å². The number of pyridine rings is 1. The molecule has 5 rings (SSSR count). The van der Waals surface area contributed by atoms with Crippen LogP contribution in [0.3, 0.4) is 0 Å². The Labute approximate surface area is 151 Å². The lowest BCUT2D eigenvalue weighted by molar-refractivity contribution is 0.914. The first-order chi connectivity index (χ1) is 12.4. The molecule has 2 nitrogen and oxygen atoms in total. The first kappa shape index (κ1) is 14.6. The van der Waals surface area contributed by atoms with Crippen molar-refractivity contribution in [1.82, 2.24) is 4.98 Å². The standard InChI is InChI=1S/C22H16N2S/c1-2-8-16(9-3-1)15-24-19-12-6-7-13-20(19)25-21-14-17-10-4-5-11-18(17)23-22(21)24/h1-14H,15H2. The van der Waals surface area contributed by atoms with Gasteiger partial charge in [-0.15, -0.1) is 0 Å². The van der Waals surface area contributed by atoms with Gasteiger partial charge in [0.05, 0.1) is 16.1 Å². The highest BCUT2D eigenvalue weighted by Gasteiger charge is 2.25. The average molecular weight is 340 g/mol. The summed E-state index contributed by atoms with van der Waals surface area (Å²) in [6.07, 6.45) is 0. The van der Waals surface area contributed by atoms with Crippen LogP contribution in [0.4, 0.5) is 11.5 Å². The first-order valence-electron chi connectivity index (χ1n) is 8.37.